The number of unbranched alkanes of at least 4 members (excludes halogenated alkanes) is 4. The highest BCUT2D eigenvalue weighted by molar-refractivity contribution is 5.89. The van der Waals surface area contributed by atoms with E-state index in [-0.39, 0.29) is 192 Å². The second kappa shape index (κ2) is 99.3. The Morgan fingerprint density at radius 2 is 0.425 bits per heavy atom. The topological polar surface area (TPSA) is 605 Å². The van der Waals surface area contributed by atoms with Gasteiger partial charge < -0.3 is 189 Å². The van der Waals surface area contributed by atoms with Gasteiger partial charge >= 0.3 is 12.1 Å². The van der Waals surface area contributed by atoms with Gasteiger partial charge in [-0.15, -0.1) is 0 Å². The Kier molecular flexibility index (Phi) is 90.1. The summed E-state index contributed by atoms with van der Waals surface area (Å²) in [4.78, 5) is 113. The number of rotatable bonds is 110. The van der Waals surface area contributed by atoms with Gasteiger partial charge in [0.15, 0.2) is 0 Å². The van der Waals surface area contributed by atoms with Gasteiger partial charge in [-0.2, -0.15) is 0 Å². The number of hydrogen-bond donors (Lipinski definition) is 13. The van der Waals surface area contributed by atoms with Gasteiger partial charge in [-0.05, 0) is 125 Å². The van der Waals surface area contributed by atoms with Gasteiger partial charge in [0.2, 0.25) is 41.4 Å². The van der Waals surface area contributed by atoms with Gasteiger partial charge in [0, 0.05) is 57.8 Å². The zero-order valence-corrected chi connectivity index (χ0v) is 86.3. The van der Waals surface area contributed by atoms with E-state index in [1.165, 1.54) is 22.3 Å². The maximum Gasteiger partial charge on any atom is 0.407 e. The van der Waals surface area contributed by atoms with Crippen LogP contribution in [0, 0.1) is 0 Å². The zero-order chi connectivity index (χ0) is 105. The Morgan fingerprint density at radius 3 is 0.637 bits per heavy atom. The molecule has 0 saturated heterocycles. The molecular formula is C99H176N12O35. The van der Waals surface area contributed by atoms with Crippen molar-refractivity contribution >= 4 is 53.4 Å². The molecule has 0 radical (unpaired) electrons. The third-order valence-corrected chi connectivity index (χ3v) is 21.2. The second-order valence-corrected chi connectivity index (χ2v) is 32.8. The summed E-state index contributed by atoms with van der Waals surface area (Å²) in [6.07, 6.45) is 6.63. The van der Waals surface area contributed by atoms with E-state index >= 15 is 0 Å². The number of carbonyl (C=O) groups excluding carboxylic acids is 8. The summed E-state index contributed by atoms with van der Waals surface area (Å²) in [7, 11) is 0. The number of alkyl carbamates (subject to hydrolysis) is 1. The molecule has 17 N–H and O–H groups in total. The third kappa shape index (κ3) is 77.7. The van der Waals surface area contributed by atoms with Gasteiger partial charge in [0.25, 0.3) is 0 Å². The molecule has 0 bridgehead atoms. The van der Waals surface area contributed by atoms with Crippen LogP contribution in [0.4, 0.5) is 4.79 Å². The van der Waals surface area contributed by atoms with Crippen molar-refractivity contribution < 1.29 is 167 Å². The summed E-state index contributed by atoms with van der Waals surface area (Å²) in [6.45, 7) is 19.1. The molecule has 47 nitrogen and oxygen atoms in total. The van der Waals surface area contributed by atoms with Crippen LogP contribution in [0.2, 0.25) is 0 Å². The number of aliphatic carboxylic acids is 1. The fourth-order valence-electron chi connectivity index (χ4n) is 13.6. The maximum absolute atomic E-state index is 13.1. The number of ether oxygens (including phenoxy) is 25. The fraction of sp³-hybridized carbons (Fsp3) is 0.788. The SMILES string of the molecule is NCCCCC(NC(=O)CCOCCOCCOCCOCCNC(=O)C(CCCCN)NC(=O)CCOCCOCCOCCOCCNC(=O)C(CCCCN)NC(=O)CCOCCOCCOCCOCCNC(=O)C(CCCCN)NC(=O)CCOCCOCCOCCOCCOCCOCCOCCOCCOCCOCCOCCOCCNC(=O)OCC1c2ccccc2-c2ccccc21)C(=O)O. The van der Waals surface area contributed by atoms with E-state index in [2.05, 4.69) is 66.8 Å². The van der Waals surface area contributed by atoms with Crippen molar-refractivity contribution in [2.75, 3.05) is 376 Å². The Morgan fingerprint density at radius 1 is 0.240 bits per heavy atom. The molecule has 146 heavy (non-hydrogen) atoms. The number of nitrogens with one attached hydrogen (secondary N) is 8. The summed E-state index contributed by atoms with van der Waals surface area (Å²) < 4.78 is 139. The molecule has 0 spiro atoms. The normalized spacial score (nSPS) is 12.6. The lowest BCUT2D eigenvalue weighted by Gasteiger charge is -2.18. The van der Waals surface area contributed by atoms with E-state index in [0.29, 0.717) is 328 Å². The molecule has 3 rings (SSSR count). The lowest BCUT2D eigenvalue weighted by molar-refractivity contribution is -0.142. The lowest BCUT2D eigenvalue weighted by atomic mass is 9.98. The van der Waals surface area contributed by atoms with Gasteiger partial charge in [0.1, 0.15) is 30.8 Å². The molecule has 1 aliphatic carbocycles. The van der Waals surface area contributed by atoms with Crippen LogP contribution in [-0.4, -0.2) is 459 Å². The molecule has 2 aromatic rings. The Balaban J connectivity index is 1.01. The lowest BCUT2D eigenvalue weighted by Crippen LogP contribution is -2.47. The van der Waals surface area contributed by atoms with Crippen LogP contribution in [0.3, 0.4) is 0 Å². The van der Waals surface area contributed by atoms with Crippen LogP contribution in [0.15, 0.2) is 48.5 Å². The molecule has 0 heterocycles. The highest BCUT2D eigenvalue weighted by Gasteiger charge is 2.30. The number of carboxylic acid groups (broad SMARTS) is 1. The Labute approximate surface area is 861 Å². The molecule has 1 aliphatic rings. The Hall–Kier alpha value is -7.65. The van der Waals surface area contributed by atoms with E-state index in [0.717, 1.165) is 0 Å². The minimum Gasteiger partial charge on any atom is -0.480 e. The van der Waals surface area contributed by atoms with Crippen LogP contribution < -0.4 is 65.5 Å². The predicted molar refractivity (Wildman–Crippen MR) is 537 cm³/mol. The number of amides is 8. The quantitative estimate of drug-likeness (QED) is 0.0398. The van der Waals surface area contributed by atoms with Crippen molar-refractivity contribution in [3.63, 3.8) is 0 Å². The van der Waals surface area contributed by atoms with Crippen molar-refractivity contribution in [2.24, 2.45) is 22.9 Å². The van der Waals surface area contributed by atoms with Gasteiger partial charge in [-0.3, -0.25) is 33.6 Å². The van der Waals surface area contributed by atoms with Crippen LogP contribution in [0.1, 0.15) is 120 Å². The van der Waals surface area contributed by atoms with Crippen LogP contribution in [0.5, 0.6) is 0 Å². The summed E-state index contributed by atoms with van der Waals surface area (Å²) in [5.74, 6) is -3.44. The minimum atomic E-state index is -1.08. The Bertz CT molecular complexity index is 3450. The molecule has 842 valence electrons. The summed E-state index contributed by atoms with van der Waals surface area (Å²) in [6, 6.07) is 13.3. The van der Waals surface area contributed by atoms with Crippen LogP contribution in [0.25, 0.3) is 11.1 Å². The molecule has 0 aliphatic heterocycles. The first kappa shape index (κ1) is 132. The molecule has 0 fully saturated rings. The monoisotopic (exact) mass is 2090 g/mol. The first-order chi connectivity index (χ1) is 71.7. The number of hydrogen-bond acceptors (Lipinski definition) is 38. The standard InChI is InChI=1S/C99H176N12O35/c100-25-9-5-17-87(95(116)104-29-37-126-45-53-134-61-57-130-50-42-123-34-22-92(113)109-88(18-6-10-26-101)96(117)106-31-39-128-47-55-136-63-59-132-52-44-125-36-24-94(115)111-90(98(119)120)20-8-12-28-103)108-91(112)21-33-122-41-49-131-58-62-135-54-46-127-38-30-105-97(118)89(19-7-11-27-102)110-93(114)23-35-124-43-51-133-60-65-138-67-69-140-71-73-142-75-77-144-79-80-145-78-76-143-74-72-141-70-68-139-66-64-137-56-48-129-40-32-107-99(121)146-81-86-84-15-3-1-13-82(84)83-14-2-4-16-85(83)86/h1-4,13-16,86-90H,5-12,17-81,100-103H2,(H,104,116)(H,105,118)(H,106,117)(H,107,121)(H,108,112)(H,109,113)(H,110,114)(H,111,115)(H,119,120). The largest absolute Gasteiger partial charge is 0.480 e. The van der Waals surface area contributed by atoms with E-state index < -0.39 is 42.1 Å². The average Bonchev–Trinajstić information content (AvgIpc) is 1.61. The first-order valence-corrected chi connectivity index (χ1v) is 51.7. The number of carboxylic acids is 1. The number of fused-ring (bicyclic) bond motifs is 3. The second-order valence-electron chi connectivity index (χ2n) is 32.8. The molecule has 0 aromatic heterocycles. The van der Waals surface area contributed by atoms with Crippen molar-refractivity contribution in [3.05, 3.63) is 59.7 Å². The maximum atomic E-state index is 13.1. The zero-order valence-electron chi connectivity index (χ0n) is 86.3. The molecule has 0 saturated carbocycles. The van der Waals surface area contributed by atoms with E-state index in [1.807, 2.05) is 24.3 Å². The number of benzene rings is 2. The van der Waals surface area contributed by atoms with Gasteiger partial charge in [-0.1, -0.05) is 48.5 Å². The number of nitrogens with two attached hydrogens (primary N) is 4. The fourth-order valence-corrected chi connectivity index (χ4v) is 13.6. The van der Waals surface area contributed by atoms with E-state index in [9.17, 15) is 48.3 Å². The predicted octanol–water partition coefficient (Wildman–Crippen LogP) is 0.372. The smallest absolute Gasteiger partial charge is 0.407 e. The molecule has 4 atom stereocenters. The van der Waals surface area contributed by atoms with Crippen LogP contribution in [-0.2, 0) is 157 Å². The molecule has 47 heteroatoms. The average molecular weight is 2090 g/mol. The van der Waals surface area contributed by atoms with Gasteiger partial charge in [0.05, 0.1) is 317 Å². The summed E-state index contributed by atoms with van der Waals surface area (Å²) in [5, 5.41) is 31.4. The van der Waals surface area contributed by atoms with Crippen molar-refractivity contribution in [1.82, 2.24) is 42.5 Å². The molecular weight excluding hydrogens is 1920 g/mol. The van der Waals surface area contributed by atoms with E-state index in [4.69, 9.17) is 141 Å². The molecule has 2 aromatic carbocycles. The summed E-state index contributed by atoms with van der Waals surface area (Å²) in [5.41, 5.74) is 27.2. The van der Waals surface area contributed by atoms with Crippen molar-refractivity contribution in [1.29, 1.82) is 0 Å². The van der Waals surface area contributed by atoms with Gasteiger partial charge in [-0.25, -0.2) is 9.59 Å². The molecule has 4 unspecified atom stereocenters. The minimum absolute atomic E-state index is 0.0134. The number of carbonyl (C=O) groups is 9. The molecule has 8 amide bonds. The highest BCUT2D eigenvalue weighted by atomic mass is 16.6. The van der Waals surface area contributed by atoms with Crippen molar-refractivity contribution in [2.45, 2.75) is 133 Å². The van der Waals surface area contributed by atoms with Crippen LogP contribution >= 0.6 is 0 Å². The summed E-state index contributed by atoms with van der Waals surface area (Å²) >= 11 is 0. The van der Waals surface area contributed by atoms with Crippen molar-refractivity contribution in [3.8, 4) is 11.1 Å². The van der Waals surface area contributed by atoms with E-state index in [1.54, 1.807) is 0 Å². The highest BCUT2D eigenvalue weighted by Crippen LogP contribution is 2.44. The first-order valence-electron chi connectivity index (χ1n) is 51.7. The third-order valence-electron chi connectivity index (χ3n) is 21.2.